The van der Waals surface area contributed by atoms with E-state index in [1.165, 1.54) is 30.5 Å². The Bertz CT molecular complexity index is 870. The zero-order chi connectivity index (χ0) is 15.8. The van der Waals surface area contributed by atoms with Gasteiger partial charge >= 0.3 is 0 Å². The van der Waals surface area contributed by atoms with Crippen LogP contribution in [0.5, 0.6) is 0 Å². The summed E-state index contributed by atoms with van der Waals surface area (Å²) in [6.45, 7) is 0. The number of pyridine rings is 1. The number of rotatable bonds is 4. The van der Waals surface area contributed by atoms with Crippen molar-refractivity contribution in [2.24, 2.45) is 0 Å². The molecule has 1 aliphatic rings. The summed E-state index contributed by atoms with van der Waals surface area (Å²) in [5.74, 6) is 0.637. The minimum absolute atomic E-state index is 0.0915. The highest BCUT2D eigenvalue weighted by atomic mass is 32.1. The topological polar surface area (TPSA) is 68.9 Å². The summed E-state index contributed by atoms with van der Waals surface area (Å²) in [7, 11) is 0. The third kappa shape index (κ3) is 2.73. The predicted molar refractivity (Wildman–Crippen MR) is 89.4 cm³/mol. The Kier molecular flexibility index (Phi) is 3.38. The Balaban J connectivity index is 1.68. The van der Waals surface area contributed by atoms with Crippen molar-refractivity contribution < 1.29 is 4.92 Å². The molecule has 1 fully saturated rings. The van der Waals surface area contributed by atoms with Gasteiger partial charge in [-0.05, 0) is 42.5 Å². The molecule has 23 heavy (non-hydrogen) atoms. The highest BCUT2D eigenvalue weighted by Gasteiger charge is 2.27. The van der Waals surface area contributed by atoms with Crippen LogP contribution >= 0.6 is 11.3 Å². The molecule has 0 saturated heterocycles. The number of thiazole rings is 1. The summed E-state index contributed by atoms with van der Waals surface area (Å²) in [4.78, 5) is 19.3. The van der Waals surface area contributed by atoms with Gasteiger partial charge < -0.3 is 0 Å². The molecule has 6 heteroatoms. The Morgan fingerprint density at radius 1 is 1.17 bits per heavy atom. The Hall–Kier alpha value is -2.60. The van der Waals surface area contributed by atoms with E-state index in [9.17, 15) is 10.1 Å². The average molecular weight is 323 g/mol. The maximum atomic E-state index is 10.7. The lowest BCUT2D eigenvalue weighted by molar-refractivity contribution is -0.384. The molecule has 0 unspecified atom stereocenters. The van der Waals surface area contributed by atoms with E-state index in [1.807, 2.05) is 17.8 Å². The van der Waals surface area contributed by atoms with Gasteiger partial charge in [0.05, 0.1) is 10.6 Å². The number of nitro groups is 1. The number of nitrogens with zero attached hydrogens (tertiary/aromatic N) is 3. The molecular formula is C17H13N3O2S. The number of hydrogen-bond donors (Lipinski definition) is 0. The van der Waals surface area contributed by atoms with Gasteiger partial charge in [0.15, 0.2) is 0 Å². The first kappa shape index (κ1) is 14.0. The van der Waals surface area contributed by atoms with Crippen molar-refractivity contribution in [3.63, 3.8) is 0 Å². The van der Waals surface area contributed by atoms with E-state index in [4.69, 9.17) is 4.98 Å². The molecule has 0 spiro atoms. The summed E-state index contributed by atoms with van der Waals surface area (Å²) in [5.41, 5.74) is 4.33. The maximum Gasteiger partial charge on any atom is 0.269 e. The predicted octanol–water partition coefficient (Wildman–Crippen LogP) is 4.66. The number of nitro benzene ring substituents is 1. The highest BCUT2D eigenvalue weighted by Crippen LogP contribution is 2.44. The third-order valence-corrected chi connectivity index (χ3v) is 4.87. The molecular weight excluding hydrogens is 310 g/mol. The summed E-state index contributed by atoms with van der Waals surface area (Å²) in [6, 6.07) is 8.59. The standard InChI is InChI=1S/C17H13N3O2S/c21-20(22)13-5-3-12(4-6-13)17-19-16(10-23-17)15-9-18-8-7-14(15)11-1-2-11/h3-11H,1-2H2. The van der Waals surface area contributed by atoms with E-state index in [0.29, 0.717) is 5.92 Å². The maximum absolute atomic E-state index is 10.7. The lowest BCUT2D eigenvalue weighted by Crippen LogP contribution is -1.89. The fourth-order valence-corrected chi connectivity index (χ4v) is 3.45. The van der Waals surface area contributed by atoms with Crippen LogP contribution in [0.2, 0.25) is 0 Å². The Labute approximate surface area is 136 Å². The number of aromatic nitrogens is 2. The van der Waals surface area contributed by atoms with E-state index in [0.717, 1.165) is 21.8 Å². The second kappa shape index (κ2) is 5.55. The number of benzene rings is 1. The first-order valence-corrected chi connectivity index (χ1v) is 8.25. The van der Waals surface area contributed by atoms with Crippen LogP contribution in [0.15, 0.2) is 48.1 Å². The van der Waals surface area contributed by atoms with Crippen LogP contribution in [0.25, 0.3) is 21.8 Å². The average Bonchev–Trinajstić information content (AvgIpc) is 3.32. The fourth-order valence-electron chi connectivity index (χ4n) is 2.63. The van der Waals surface area contributed by atoms with Crippen LogP contribution in [0.4, 0.5) is 5.69 Å². The van der Waals surface area contributed by atoms with Gasteiger partial charge in [0.25, 0.3) is 5.69 Å². The van der Waals surface area contributed by atoms with Gasteiger partial charge in [0.2, 0.25) is 0 Å². The van der Waals surface area contributed by atoms with Crippen LogP contribution in [0.1, 0.15) is 24.3 Å². The lowest BCUT2D eigenvalue weighted by Gasteiger charge is -2.04. The van der Waals surface area contributed by atoms with E-state index < -0.39 is 4.92 Å². The lowest BCUT2D eigenvalue weighted by atomic mass is 10.0. The van der Waals surface area contributed by atoms with Gasteiger partial charge in [0, 0.05) is 41.0 Å². The van der Waals surface area contributed by atoms with Crippen molar-refractivity contribution in [2.45, 2.75) is 18.8 Å². The Morgan fingerprint density at radius 3 is 2.65 bits per heavy atom. The summed E-state index contributed by atoms with van der Waals surface area (Å²) in [5, 5.41) is 13.6. The monoisotopic (exact) mass is 323 g/mol. The molecule has 2 aromatic heterocycles. The van der Waals surface area contributed by atoms with Crippen LogP contribution in [0.3, 0.4) is 0 Å². The molecule has 0 amide bonds. The van der Waals surface area contributed by atoms with E-state index >= 15 is 0 Å². The largest absolute Gasteiger partial charge is 0.269 e. The molecule has 114 valence electrons. The van der Waals surface area contributed by atoms with Crippen molar-refractivity contribution in [1.82, 2.24) is 9.97 Å². The summed E-state index contributed by atoms with van der Waals surface area (Å²) < 4.78 is 0. The second-order valence-corrected chi connectivity index (χ2v) is 6.44. The van der Waals surface area contributed by atoms with Crippen molar-refractivity contribution in [2.75, 3.05) is 0 Å². The van der Waals surface area contributed by atoms with Gasteiger partial charge in [-0.1, -0.05) is 0 Å². The van der Waals surface area contributed by atoms with Crippen molar-refractivity contribution >= 4 is 17.0 Å². The molecule has 0 N–H and O–H groups in total. The van der Waals surface area contributed by atoms with Crippen LogP contribution < -0.4 is 0 Å². The molecule has 1 aromatic carbocycles. The number of hydrogen-bond acceptors (Lipinski definition) is 5. The fraction of sp³-hybridized carbons (Fsp3) is 0.176. The first-order chi connectivity index (χ1) is 11.2. The van der Waals surface area contributed by atoms with Crippen LogP contribution in [-0.2, 0) is 0 Å². The minimum atomic E-state index is -0.394. The SMILES string of the molecule is O=[N+]([O-])c1ccc(-c2nc(-c3cnccc3C3CC3)cs2)cc1. The van der Waals surface area contributed by atoms with Gasteiger partial charge in [-0.2, -0.15) is 0 Å². The van der Waals surface area contributed by atoms with Crippen molar-refractivity contribution in [3.8, 4) is 21.8 Å². The normalized spacial score (nSPS) is 13.9. The Morgan fingerprint density at radius 2 is 1.96 bits per heavy atom. The zero-order valence-electron chi connectivity index (χ0n) is 12.2. The quantitative estimate of drug-likeness (QED) is 0.517. The van der Waals surface area contributed by atoms with Gasteiger partial charge in [-0.3, -0.25) is 15.1 Å². The number of non-ortho nitro benzene ring substituents is 1. The van der Waals surface area contributed by atoms with Crippen molar-refractivity contribution in [1.29, 1.82) is 0 Å². The molecule has 5 nitrogen and oxygen atoms in total. The molecule has 2 heterocycles. The first-order valence-electron chi connectivity index (χ1n) is 7.37. The third-order valence-electron chi connectivity index (χ3n) is 3.98. The molecule has 0 atom stereocenters. The molecule has 4 rings (SSSR count). The van der Waals surface area contributed by atoms with E-state index in [1.54, 1.807) is 23.5 Å². The van der Waals surface area contributed by atoms with E-state index in [2.05, 4.69) is 11.1 Å². The van der Waals surface area contributed by atoms with Crippen molar-refractivity contribution in [3.05, 3.63) is 63.8 Å². The molecule has 0 radical (unpaired) electrons. The molecule has 1 saturated carbocycles. The molecule has 0 aliphatic heterocycles. The smallest absolute Gasteiger partial charge is 0.264 e. The van der Waals surface area contributed by atoms with Crippen LogP contribution in [0, 0.1) is 10.1 Å². The van der Waals surface area contributed by atoms with Crippen LogP contribution in [-0.4, -0.2) is 14.9 Å². The highest BCUT2D eigenvalue weighted by molar-refractivity contribution is 7.13. The molecule has 3 aromatic rings. The molecule has 0 bridgehead atoms. The van der Waals surface area contributed by atoms with Gasteiger partial charge in [-0.15, -0.1) is 11.3 Å². The summed E-state index contributed by atoms with van der Waals surface area (Å²) >= 11 is 1.54. The summed E-state index contributed by atoms with van der Waals surface area (Å²) in [6.07, 6.45) is 6.18. The van der Waals surface area contributed by atoms with Gasteiger partial charge in [0.1, 0.15) is 5.01 Å². The van der Waals surface area contributed by atoms with E-state index in [-0.39, 0.29) is 5.69 Å². The second-order valence-electron chi connectivity index (χ2n) is 5.58. The minimum Gasteiger partial charge on any atom is -0.264 e. The van der Waals surface area contributed by atoms with Gasteiger partial charge in [-0.25, -0.2) is 4.98 Å². The zero-order valence-corrected chi connectivity index (χ0v) is 13.0. The molecule has 1 aliphatic carbocycles.